The number of amides is 4. The van der Waals surface area contributed by atoms with Gasteiger partial charge in [-0.2, -0.15) is 5.26 Å². The van der Waals surface area contributed by atoms with E-state index in [9.17, 15) is 19.2 Å². The molecular weight excluding hydrogens is 414 g/mol. The number of rotatable bonds is 7. The van der Waals surface area contributed by atoms with E-state index in [0.717, 1.165) is 5.56 Å². The lowest BCUT2D eigenvalue weighted by atomic mass is 10.0. The van der Waals surface area contributed by atoms with E-state index in [-0.39, 0.29) is 36.4 Å². The minimum Gasteiger partial charge on any atom is -0.351 e. The zero-order valence-electron chi connectivity index (χ0n) is 17.2. The lowest BCUT2D eigenvalue weighted by molar-refractivity contribution is -0.136. The molecule has 4 rings (SSSR count). The number of hydrogen-bond acceptors (Lipinski definition) is 7. The molecule has 1 unspecified atom stereocenters. The van der Waals surface area contributed by atoms with Gasteiger partial charge in [0.1, 0.15) is 6.04 Å². The number of piperidine rings is 1. The lowest BCUT2D eigenvalue weighted by Gasteiger charge is -2.29. The summed E-state index contributed by atoms with van der Waals surface area (Å²) >= 11 is 0. The van der Waals surface area contributed by atoms with Crippen molar-refractivity contribution in [1.29, 1.82) is 5.26 Å². The van der Waals surface area contributed by atoms with Gasteiger partial charge in [-0.15, -0.1) is 5.10 Å². The highest BCUT2D eigenvalue weighted by atomic mass is 16.2. The van der Waals surface area contributed by atoms with E-state index >= 15 is 0 Å². The first kappa shape index (κ1) is 21.2. The van der Waals surface area contributed by atoms with E-state index in [0.29, 0.717) is 43.5 Å². The van der Waals surface area contributed by atoms with Crippen LogP contribution in [0.2, 0.25) is 0 Å². The largest absolute Gasteiger partial charge is 0.351 e. The summed E-state index contributed by atoms with van der Waals surface area (Å²) in [7, 11) is 0. The summed E-state index contributed by atoms with van der Waals surface area (Å²) in [6, 6.07) is 6.58. The zero-order valence-corrected chi connectivity index (χ0v) is 17.2. The third-order valence-corrected chi connectivity index (χ3v) is 5.50. The molecule has 11 heteroatoms. The van der Waals surface area contributed by atoms with Gasteiger partial charge in [0, 0.05) is 31.5 Å². The normalized spacial score (nSPS) is 17.7. The molecule has 0 bridgehead atoms. The summed E-state index contributed by atoms with van der Waals surface area (Å²) in [4.78, 5) is 50.2. The van der Waals surface area contributed by atoms with E-state index in [4.69, 9.17) is 5.26 Å². The van der Waals surface area contributed by atoms with Crippen LogP contribution >= 0.6 is 0 Å². The van der Waals surface area contributed by atoms with Gasteiger partial charge >= 0.3 is 0 Å². The molecule has 0 spiro atoms. The van der Waals surface area contributed by atoms with Crippen LogP contribution in [0.3, 0.4) is 0 Å². The van der Waals surface area contributed by atoms with Crippen molar-refractivity contribution in [3.8, 4) is 11.8 Å². The molecule has 2 N–H and O–H groups in total. The van der Waals surface area contributed by atoms with Crippen LogP contribution in [-0.4, -0.2) is 56.1 Å². The van der Waals surface area contributed by atoms with Gasteiger partial charge in [0.15, 0.2) is 5.69 Å². The number of carbonyl (C=O) groups is 4. The number of hydrogen-bond donors (Lipinski definition) is 2. The van der Waals surface area contributed by atoms with Gasteiger partial charge in [0.25, 0.3) is 11.8 Å². The van der Waals surface area contributed by atoms with Gasteiger partial charge in [0.05, 0.1) is 18.0 Å². The van der Waals surface area contributed by atoms with Crippen molar-refractivity contribution in [3.05, 3.63) is 41.2 Å². The first-order valence-corrected chi connectivity index (χ1v) is 10.3. The number of imide groups is 1. The van der Waals surface area contributed by atoms with Crippen molar-refractivity contribution in [2.45, 2.75) is 44.7 Å². The standard InChI is InChI=1S/C21H21N7O4/c22-8-2-1-3-9-23-19(30)16-12-28(26-25-16)14-5-4-13-11-27(21(32)15(13)10-14)17-6-7-18(29)24-20(17)31/h4-5,10,12,17H,1-3,6-7,9,11H2,(H,23,30)(H,24,29,31). The van der Waals surface area contributed by atoms with Crippen molar-refractivity contribution in [3.63, 3.8) is 0 Å². The van der Waals surface area contributed by atoms with Crippen LogP contribution in [0.15, 0.2) is 24.4 Å². The Kier molecular flexibility index (Phi) is 5.93. The summed E-state index contributed by atoms with van der Waals surface area (Å²) in [5.74, 6) is -1.44. The molecule has 3 heterocycles. The monoisotopic (exact) mass is 435 g/mol. The second-order valence-corrected chi connectivity index (χ2v) is 7.66. The first-order valence-electron chi connectivity index (χ1n) is 10.3. The summed E-state index contributed by atoms with van der Waals surface area (Å²) in [5, 5.41) is 21.4. The number of benzene rings is 1. The van der Waals surface area contributed by atoms with Crippen LogP contribution < -0.4 is 10.6 Å². The fourth-order valence-electron chi connectivity index (χ4n) is 3.80. The topological polar surface area (TPSA) is 150 Å². The smallest absolute Gasteiger partial charge is 0.273 e. The maximum atomic E-state index is 12.9. The molecule has 32 heavy (non-hydrogen) atoms. The van der Waals surface area contributed by atoms with Crippen LogP contribution in [0.5, 0.6) is 0 Å². The zero-order chi connectivity index (χ0) is 22.7. The predicted molar refractivity (Wildman–Crippen MR) is 109 cm³/mol. The molecule has 11 nitrogen and oxygen atoms in total. The SMILES string of the molecule is N#CCCCCNC(=O)c1cn(-c2ccc3c(c2)C(=O)N(C2CCC(=O)NC2=O)C3)nn1. The highest BCUT2D eigenvalue weighted by Gasteiger charge is 2.39. The number of carbonyl (C=O) groups excluding carboxylic acids is 4. The van der Waals surface area contributed by atoms with E-state index in [1.165, 1.54) is 15.8 Å². The van der Waals surface area contributed by atoms with Crippen LogP contribution in [0.4, 0.5) is 0 Å². The number of unbranched alkanes of at least 4 members (excludes halogenated alkanes) is 2. The average Bonchev–Trinajstić information content (AvgIpc) is 3.39. The molecule has 0 radical (unpaired) electrons. The van der Waals surface area contributed by atoms with E-state index in [2.05, 4.69) is 27.0 Å². The predicted octanol–water partition coefficient (Wildman–Crippen LogP) is 0.452. The van der Waals surface area contributed by atoms with Crippen molar-refractivity contribution < 1.29 is 19.2 Å². The van der Waals surface area contributed by atoms with E-state index in [1.807, 2.05) is 0 Å². The maximum absolute atomic E-state index is 12.9. The van der Waals surface area contributed by atoms with Gasteiger partial charge in [-0.05, 0) is 37.0 Å². The lowest BCUT2D eigenvalue weighted by Crippen LogP contribution is -2.52. The van der Waals surface area contributed by atoms with Crippen molar-refractivity contribution in [1.82, 2.24) is 30.5 Å². The molecule has 164 valence electrons. The van der Waals surface area contributed by atoms with E-state index in [1.54, 1.807) is 18.2 Å². The second kappa shape index (κ2) is 8.97. The van der Waals surface area contributed by atoms with Gasteiger partial charge < -0.3 is 10.2 Å². The van der Waals surface area contributed by atoms with Gasteiger partial charge in [-0.1, -0.05) is 11.3 Å². The Morgan fingerprint density at radius 3 is 2.91 bits per heavy atom. The number of nitrogens with one attached hydrogen (secondary N) is 2. The van der Waals surface area contributed by atoms with Crippen molar-refractivity contribution >= 4 is 23.6 Å². The molecule has 2 aromatic rings. The van der Waals surface area contributed by atoms with Gasteiger partial charge in [-0.25, -0.2) is 4.68 Å². The Morgan fingerprint density at radius 2 is 2.12 bits per heavy atom. The quantitative estimate of drug-likeness (QED) is 0.473. The Hall–Kier alpha value is -4.07. The molecule has 1 atom stereocenters. The summed E-state index contributed by atoms with van der Waals surface area (Å²) < 4.78 is 1.41. The highest BCUT2D eigenvalue weighted by molar-refractivity contribution is 6.05. The molecule has 0 aliphatic carbocycles. The fraction of sp³-hybridized carbons (Fsp3) is 0.381. The van der Waals surface area contributed by atoms with E-state index < -0.39 is 11.9 Å². The van der Waals surface area contributed by atoms with Gasteiger partial charge in [-0.3, -0.25) is 24.5 Å². The highest BCUT2D eigenvalue weighted by Crippen LogP contribution is 2.29. The third kappa shape index (κ3) is 4.20. The molecule has 1 aromatic heterocycles. The van der Waals surface area contributed by atoms with Crippen LogP contribution in [-0.2, 0) is 16.1 Å². The van der Waals surface area contributed by atoms with Crippen LogP contribution in [0, 0.1) is 11.3 Å². The van der Waals surface area contributed by atoms with Gasteiger partial charge in [0.2, 0.25) is 11.8 Å². The molecule has 1 saturated heterocycles. The number of fused-ring (bicyclic) bond motifs is 1. The Balaban J connectivity index is 1.44. The fourth-order valence-corrected chi connectivity index (χ4v) is 3.80. The molecular formula is C21H21N7O4. The van der Waals surface area contributed by atoms with Crippen LogP contribution in [0.1, 0.15) is 58.5 Å². The van der Waals surface area contributed by atoms with Crippen molar-refractivity contribution in [2.24, 2.45) is 0 Å². The molecule has 1 aromatic carbocycles. The average molecular weight is 435 g/mol. The Morgan fingerprint density at radius 1 is 1.28 bits per heavy atom. The number of nitrogens with zero attached hydrogens (tertiary/aromatic N) is 5. The minimum absolute atomic E-state index is 0.141. The molecule has 4 amide bonds. The minimum atomic E-state index is -0.675. The van der Waals surface area contributed by atoms with Crippen LogP contribution in [0.25, 0.3) is 5.69 Å². The van der Waals surface area contributed by atoms with Crippen molar-refractivity contribution in [2.75, 3.05) is 6.54 Å². The maximum Gasteiger partial charge on any atom is 0.273 e. The number of aromatic nitrogens is 3. The molecule has 2 aliphatic heterocycles. The number of nitriles is 1. The Labute approximate surface area is 183 Å². The summed E-state index contributed by atoms with van der Waals surface area (Å²) in [5.41, 5.74) is 1.93. The molecule has 0 saturated carbocycles. The molecule has 1 fully saturated rings. The second-order valence-electron chi connectivity index (χ2n) is 7.66. The first-order chi connectivity index (χ1) is 15.5. The third-order valence-electron chi connectivity index (χ3n) is 5.50. The summed E-state index contributed by atoms with van der Waals surface area (Å²) in [6.45, 7) is 0.731. The summed E-state index contributed by atoms with van der Waals surface area (Å²) in [6.07, 6.45) is 3.83. The Bertz CT molecular complexity index is 1130. The molecule has 2 aliphatic rings.